The number of para-hydroxylation sites is 1. The molecule has 0 saturated heterocycles. The van der Waals surface area contributed by atoms with Crippen LogP contribution in [0.3, 0.4) is 0 Å². The first-order valence-corrected chi connectivity index (χ1v) is 6.39. The van der Waals surface area contributed by atoms with Crippen molar-refractivity contribution in [3.63, 3.8) is 0 Å². The van der Waals surface area contributed by atoms with Gasteiger partial charge in [0.25, 0.3) is 0 Å². The first-order valence-electron chi connectivity index (χ1n) is 6.01. The second-order valence-corrected chi connectivity index (χ2v) is 4.65. The second-order valence-electron chi connectivity index (χ2n) is 4.21. The quantitative estimate of drug-likeness (QED) is 0.803. The molecule has 0 amide bonds. The molecule has 2 heterocycles. The lowest BCUT2D eigenvalue weighted by Gasteiger charge is -2.11. The molecule has 0 radical (unpaired) electrons. The molecular weight excluding hydrogens is 276 g/mol. The number of aromatic nitrogens is 4. The lowest BCUT2D eigenvalue weighted by molar-refractivity contribution is 0.207. The smallest absolute Gasteiger partial charge is 0.140 e. The summed E-state index contributed by atoms with van der Waals surface area (Å²) in [5, 5.41) is 18.8. The maximum Gasteiger partial charge on any atom is 0.140 e. The molecule has 3 rings (SSSR count). The minimum Gasteiger partial charge on any atom is -0.380 e. The summed E-state index contributed by atoms with van der Waals surface area (Å²) in [6, 6.07) is 12.8. The van der Waals surface area contributed by atoms with Gasteiger partial charge < -0.3 is 5.11 Å². The Morgan fingerprint density at radius 1 is 1.05 bits per heavy atom. The molecule has 6 heteroatoms. The van der Waals surface area contributed by atoms with Crippen LogP contribution in [0.4, 0.5) is 0 Å². The van der Waals surface area contributed by atoms with Crippen molar-refractivity contribution in [2.45, 2.75) is 6.10 Å². The zero-order valence-corrected chi connectivity index (χ0v) is 11.1. The minimum atomic E-state index is -0.914. The maximum atomic E-state index is 10.4. The lowest BCUT2D eigenvalue weighted by Crippen LogP contribution is -2.09. The summed E-state index contributed by atoms with van der Waals surface area (Å²) in [5.41, 5.74) is 1.87. The Bertz CT molecular complexity index is 697. The van der Waals surface area contributed by atoms with Gasteiger partial charge in [0.2, 0.25) is 0 Å². The van der Waals surface area contributed by atoms with Gasteiger partial charge in [-0.15, -0.1) is 5.10 Å². The Morgan fingerprint density at radius 2 is 1.85 bits per heavy atom. The number of pyridine rings is 1. The van der Waals surface area contributed by atoms with Crippen molar-refractivity contribution in [1.29, 1.82) is 0 Å². The molecular formula is C14H11ClN4O. The highest BCUT2D eigenvalue weighted by atomic mass is 35.5. The van der Waals surface area contributed by atoms with Crippen molar-refractivity contribution in [2.75, 3.05) is 0 Å². The van der Waals surface area contributed by atoms with Crippen LogP contribution in [-0.2, 0) is 0 Å². The SMILES string of the molecule is OC(c1ccc(Cl)cn1)c1cnnn1-c1ccccc1. The minimum absolute atomic E-state index is 0.494. The van der Waals surface area contributed by atoms with Gasteiger partial charge in [0.1, 0.15) is 6.10 Å². The summed E-state index contributed by atoms with van der Waals surface area (Å²) in [7, 11) is 0. The molecule has 0 aliphatic heterocycles. The average molecular weight is 287 g/mol. The molecule has 1 aromatic carbocycles. The summed E-state index contributed by atoms with van der Waals surface area (Å²) in [6.07, 6.45) is 2.10. The van der Waals surface area contributed by atoms with Crippen molar-refractivity contribution in [3.05, 3.63) is 71.3 Å². The van der Waals surface area contributed by atoms with Crippen molar-refractivity contribution < 1.29 is 5.11 Å². The van der Waals surface area contributed by atoms with E-state index in [2.05, 4.69) is 15.3 Å². The molecule has 0 saturated carbocycles. The molecule has 1 N–H and O–H groups in total. The van der Waals surface area contributed by atoms with Gasteiger partial charge in [0.05, 0.1) is 28.3 Å². The largest absolute Gasteiger partial charge is 0.380 e. The first kappa shape index (κ1) is 12.8. The molecule has 20 heavy (non-hydrogen) atoms. The molecule has 3 aromatic rings. The van der Waals surface area contributed by atoms with Crippen LogP contribution in [0.2, 0.25) is 5.02 Å². The Morgan fingerprint density at radius 3 is 2.55 bits per heavy atom. The molecule has 2 aromatic heterocycles. The highest BCUT2D eigenvalue weighted by Crippen LogP contribution is 2.22. The van der Waals surface area contributed by atoms with E-state index >= 15 is 0 Å². The van der Waals surface area contributed by atoms with Gasteiger partial charge in [-0.1, -0.05) is 35.0 Å². The first-order chi connectivity index (χ1) is 9.75. The van der Waals surface area contributed by atoms with Crippen molar-refractivity contribution >= 4 is 11.6 Å². The molecule has 0 fully saturated rings. The Labute approximate surface area is 120 Å². The summed E-state index contributed by atoms with van der Waals surface area (Å²) in [6.45, 7) is 0. The van der Waals surface area contributed by atoms with Gasteiger partial charge in [-0.25, -0.2) is 4.68 Å². The van der Waals surface area contributed by atoms with Gasteiger partial charge in [-0.05, 0) is 24.3 Å². The predicted molar refractivity (Wildman–Crippen MR) is 74.7 cm³/mol. The second kappa shape index (κ2) is 5.40. The maximum absolute atomic E-state index is 10.4. The van der Waals surface area contributed by atoms with E-state index in [4.69, 9.17) is 11.6 Å². The van der Waals surface area contributed by atoms with E-state index in [1.54, 1.807) is 16.8 Å². The van der Waals surface area contributed by atoms with Gasteiger partial charge in [0.15, 0.2) is 0 Å². The highest BCUT2D eigenvalue weighted by Gasteiger charge is 2.18. The molecule has 1 atom stereocenters. The van der Waals surface area contributed by atoms with E-state index in [1.165, 1.54) is 12.4 Å². The summed E-state index contributed by atoms with van der Waals surface area (Å²) >= 11 is 5.79. The number of rotatable bonds is 3. The van der Waals surface area contributed by atoms with E-state index in [0.29, 0.717) is 16.4 Å². The number of aliphatic hydroxyl groups excluding tert-OH is 1. The fraction of sp³-hybridized carbons (Fsp3) is 0.0714. The molecule has 0 spiro atoms. The molecule has 0 bridgehead atoms. The van der Waals surface area contributed by atoms with E-state index in [1.807, 2.05) is 30.3 Å². The predicted octanol–water partition coefficient (Wildman–Crippen LogP) is 2.40. The lowest BCUT2D eigenvalue weighted by atomic mass is 10.1. The third-order valence-corrected chi connectivity index (χ3v) is 3.11. The Kier molecular flexibility index (Phi) is 3.45. The fourth-order valence-electron chi connectivity index (χ4n) is 1.90. The van der Waals surface area contributed by atoms with Gasteiger partial charge >= 0.3 is 0 Å². The third kappa shape index (κ3) is 2.41. The Balaban J connectivity index is 1.99. The monoisotopic (exact) mass is 286 g/mol. The summed E-state index contributed by atoms with van der Waals surface area (Å²) in [5.74, 6) is 0. The highest BCUT2D eigenvalue weighted by molar-refractivity contribution is 6.30. The van der Waals surface area contributed by atoms with Crippen LogP contribution in [-0.4, -0.2) is 25.1 Å². The van der Waals surface area contributed by atoms with Crippen LogP contribution in [0.5, 0.6) is 0 Å². The molecule has 5 nitrogen and oxygen atoms in total. The summed E-state index contributed by atoms with van der Waals surface area (Å²) in [4.78, 5) is 4.12. The number of hydrogen-bond donors (Lipinski definition) is 1. The van der Waals surface area contributed by atoms with Crippen molar-refractivity contribution in [3.8, 4) is 5.69 Å². The topological polar surface area (TPSA) is 63.8 Å². The van der Waals surface area contributed by atoms with Crippen LogP contribution in [0, 0.1) is 0 Å². The molecule has 0 aliphatic carbocycles. The van der Waals surface area contributed by atoms with Crippen molar-refractivity contribution in [1.82, 2.24) is 20.0 Å². The van der Waals surface area contributed by atoms with Crippen LogP contribution < -0.4 is 0 Å². The number of nitrogens with zero attached hydrogens (tertiary/aromatic N) is 4. The van der Waals surface area contributed by atoms with E-state index < -0.39 is 6.10 Å². The number of aliphatic hydroxyl groups is 1. The van der Waals surface area contributed by atoms with Gasteiger partial charge in [-0.3, -0.25) is 4.98 Å². The fourth-order valence-corrected chi connectivity index (χ4v) is 2.01. The van der Waals surface area contributed by atoms with Crippen LogP contribution in [0.15, 0.2) is 54.9 Å². The van der Waals surface area contributed by atoms with Crippen molar-refractivity contribution in [2.24, 2.45) is 0 Å². The molecule has 1 unspecified atom stereocenters. The number of hydrogen-bond acceptors (Lipinski definition) is 4. The normalized spacial score (nSPS) is 12.3. The van der Waals surface area contributed by atoms with E-state index in [-0.39, 0.29) is 0 Å². The Hall–Kier alpha value is -2.24. The average Bonchev–Trinajstić information content (AvgIpc) is 2.97. The van der Waals surface area contributed by atoms with Crippen LogP contribution in [0.25, 0.3) is 5.69 Å². The number of halogens is 1. The van der Waals surface area contributed by atoms with Crippen LogP contribution in [0.1, 0.15) is 17.5 Å². The summed E-state index contributed by atoms with van der Waals surface area (Å²) < 4.78 is 1.58. The van der Waals surface area contributed by atoms with E-state index in [0.717, 1.165) is 5.69 Å². The zero-order chi connectivity index (χ0) is 13.9. The van der Waals surface area contributed by atoms with Gasteiger partial charge in [0, 0.05) is 6.20 Å². The standard InChI is InChI=1S/C14H11ClN4O/c15-10-6-7-12(16-8-10)14(20)13-9-17-18-19(13)11-4-2-1-3-5-11/h1-9,14,20H. The van der Waals surface area contributed by atoms with Gasteiger partial charge in [-0.2, -0.15) is 0 Å². The third-order valence-electron chi connectivity index (χ3n) is 2.89. The van der Waals surface area contributed by atoms with Crippen LogP contribution >= 0.6 is 11.6 Å². The number of benzene rings is 1. The molecule has 100 valence electrons. The molecule has 0 aliphatic rings. The van der Waals surface area contributed by atoms with E-state index in [9.17, 15) is 5.11 Å². The zero-order valence-electron chi connectivity index (χ0n) is 10.4.